The second-order valence-corrected chi connectivity index (χ2v) is 3.65. The van der Waals surface area contributed by atoms with E-state index in [-0.39, 0.29) is 0 Å². The molecule has 4 nitrogen and oxygen atoms in total. The molecule has 0 aliphatic rings. The molecule has 4 heteroatoms. The predicted molar refractivity (Wildman–Crippen MR) is 68.1 cm³/mol. The van der Waals surface area contributed by atoms with Crippen molar-refractivity contribution >= 4 is 5.97 Å². The van der Waals surface area contributed by atoms with E-state index >= 15 is 0 Å². The number of hydrogen-bond acceptors (Lipinski definition) is 4. The molecule has 0 fully saturated rings. The fraction of sp³-hybridized carbons (Fsp3) is 0.500. The molecule has 0 saturated heterocycles. The number of ether oxygens (including phenoxy) is 3. The van der Waals surface area contributed by atoms with Crippen LogP contribution in [-0.2, 0) is 25.4 Å². The Morgan fingerprint density at radius 2 is 1.72 bits per heavy atom. The van der Waals surface area contributed by atoms with Gasteiger partial charge in [-0.1, -0.05) is 30.3 Å². The Balaban J connectivity index is 2.30. The summed E-state index contributed by atoms with van der Waals surface area (Å²) in [6.07, 6.45) is -0.215. The van der Waals surface area contributed by atoms with Crippen LogP contribution in [0.1, 0.15) is 19.4 Å². The highest BCUT2D eigenvalue weighted by Gasteiger charge is 2.20. The Morgan fingerprint density at radius 1 is 1.11 bits per heavy atom. The topological polar surface area (TPSA) is 44.8 Å². The van der Waals surface area contributed by atoms with Gasteiger partial charge in [0.15, 0.2) is 0 Å². The van der Waals surface area contributed by atoms with Crippen molar-refractivity contribution in [1.82, 2.24) is 0 Å². The lowest BCUT2D eigenvalue weighted by atomic mass is 10.2. The lowest BCUT2D eigenvalue weighted by Crippen LogP contribution is -2.30. The van der Waals surface area contributed by atoms with E-state index in [1.54, 1.807) is 0 Å². The molecule has 1 aromatic carbocycles. The van der Waals surface area contributed by atoms with Crippen LogP contribution in [0.2, 0.25) is 0 Å². The van der Waals surface area contributed by atoms with Gasteiger partial charge in [0.05, 0.1) is 6.61 Å². The second kappa shape index (κ2) is 8.66. The average molecular weight is 252 g/mol. The Bertz CT molecular complexity index is 331. The van der Waals surface area contributed by atoms with Crippen LogP contribution in [-0.4, -0.2) is 32.1 Å². The summed E-state index contributed by atoms with van der Waals surface area (Å²) in [5.74, 6) is -0.463. The van der Waals surface area contributed by atoms with E-state index in [4.69, 9.17) is 14.2 Å². The van der Waals surface area contributed by atoms with Crippen molar-refractivity contribution in [2.75, 3.05) is 19.8 Å². The maximum Gasteiger partial charge on any atom is 0.363 e. The minimum Gasteiger partial charge on any atom is -0.462 e. The molecule has 1 aromatic rings. The zero-order chi connectivity index (χ0) is 13.2. The van der Waals surface area contributed by atoms with Crippen molar-refractivity contribution in [2.24, 2.45) is 0 Å². The van der Waals surface area contributed by atoms with Gasteiger partial charge in [-0.3, -0.25) is 0 Å². The number of rotatable bonds is 8. The highest BCUT2D eigenvalue weighted by molar-refractivity contribution is 5.73. The zero-order valence-electron chi connectivity index (χ0n) is 10.9. The summed E-state index contributed by atoms with van der Waals surface area (Å²) < 4.78 is 15.4. The first kappa shape index (κ1) is 14.7. The molecule has 100 valence electrons. The van der Waals surface area contributed by atoms with E-state index < -0.39 is 12.3 Å². The molecule has 18 heavy (non-hydrogen) atoms. The first-order chi connectivity index (χ1) is 8.77. The molecule has 0 radical (unpaired) electrons. The van der Waals surface area contributed by atoms with Crippen molar-refractivity contribution in [2.45, 2.75) is 26.6 Å². The highest BCUT2D eigenvalue weighted by atomic mass is 16.7. The van der Waals surface area contributed by atoms with E-state index in [1.807, 2.05) is 44.2 Å². The van der Waals surface area contributed by atoms with Gasteiger partial charge in [-0.25, -0.2) is 4.79 Å². The van der Waals surface area contributed by atoms with Crippen LogP contribution in [0.15, 0.2) is 30.3 Å². The van der Waals surface area contributed by atoms with Gasteiger partial charge < -0.3 is 14.2 Å². The first-order valence-corrected chi connectivity index (χ1v) is 6.21. The molecule has 0 aliphatic carbocycles. The van der Waals surface area contributed by atoms with Gasteiger partial charge in [0, 0.05) is 19.6 Å². The molecule has 0 amide bonds. The van der Waals surface area contributed by atoms with E-state index in [9.17, 15) is 4.79 Å². The zero-order valence-corrected chi connectivity index (χ0v) is 10.9. The largest absolute Gasteiger partial charge is 0.462 e. The van der Waals surface area contributed by atoms with E-state index in [1.165, 1.54) is 0 Å². The van der Waals surface area contributed by atoms with Gasteiger partial charge in [0.25, 0.3) is 6.29 Å². The van der Waals surface area contributed by atoms with Gasteiger partial charge in [0.2, 0.25) is 0 Å². The van der Waals surface area contributed by atoms with E-state index in [0.29, 0.717) is 26.2 Å². The first-order valence-electron chi connectivity index (χ1n) is 6.21. The van der Waals surface area contributed by atoms with Gasteiger partial charge in [-0.2, -0.15) is 0 Å². The van der Waals surface area contributed by atoms with Crippen LogP contribution in [0.4, 0.5) is 0 Å². The Morgan fingerprint density at radius 3 is 2.28 bits per heavy atom. The van der Waals surface area contributed by atoms with Crippen molar-refractivity contribution in [3.63, 3.8) is 0 Å². The molecule has 0 saturated carbocycles. The molecule has 0 unspecified atom stereocenters. The summed E-state index contributed by atoms with van der Waals surface area (Å²) in [5, 5.41) is 0. The Labute approximate surface area is 108 Å². The minimum absolute atomic E-state index is 0.333. The number of carbonyl (C=O) groups is 1. The third kappa shape index (κ3) is 5.29. The lowest BCUT2D eigenvalue weighted by molar-refractivity contribution is -0.193. The van der Waals surface area contributed by atoms with Crippen molar-refractivity contribution in [3.8, 4) is 0 Å². The van der Waals surface area contributed by atoms with Crippen LogP contribution in [0.3, 0.4) is 0 Å². The summed E-state index contributed by atoms with van der Waals surface area (Å²) in [4.78, 5) is 11.6. The van der Waals surface area contributed by atoms with Crippen molar-refractivity contribution in [3.05, 3.63) is 35.9 Å². The number of hydrogen-bond donors (Lipinski definition) is 0. The highest BCUT2D eigenvalue weighted by Crippen LogP contribution is 2.02. The molecule has 0 N–H and O–H groups in total. The third-order valence-corrected chi connectivity index (χ3v) is 2.31. The predicted octanol–water partition coefficient (Wildman–Crippen LogP) is 2.17. The van der Waals surface area contributed by atoms with Crippen LogP contribution in [0.25, 0.3) is 0 Å². The number of benzene rings is 1. The quantitative estimate of drug-likeness (QED) is 0.525. The molecule has 0 spiro atoms. The van der Waals surface area contributed by atoms with Gasteiger partial charge in [0.1, 0.15) is 0 Å². The van der Waals surface area contributed by atoms with Crippen LogP contribution in [0.5, 0.6) is 0 Å². The second-order valence-electron chi connectivity index (χ2n) is 3.65. The smallest absolute Gasteiger partial charge is 0.363 e. The van der Waals surface area contributed by atoms with E-state index in [2.05, 4.69) is 0 Å². The summed E-state index contributed by atoms with van der Waals surface area (Å²) in [6, 6.07) is 9.86. The van der Waals surface area contributed by atoms with Gasteiger partial charge >= 0.3 is 5.97 Å². The Kier molecular flexibility index (Phi) is 7.06. The SMILES string of the molecule is CCOC(OCC)C(=O)OCCc1ccccc1. The van der Waals surface area contributed by atoms with Crippen LogP contribution in [0, 0.1) is 0 Å². The van der Waals surface area contributed by atoms with E-state index in [0.717, 1.165) is 5.56 Å². The maximum absolute atomic E-state index is 11.6. The molecular formula is C14H20O4. The van der Waals surface area contributed by atoms with Crippen LogP contribution < -0.4 is 0 Å². The van der Waals surface area contributed by atoms with Crippen LogP contribution >= 0.6 is 0 Å². The van der Waals surface area contributed by atoms with Gasteiger partial charge in [-0.05, 0) is 19.4 Å². The molecular weight excluding hydrogens is 232 g/mol. The lowest BCUT2D eigenvalue weighted by Gasteiger charge is -2.15. The van der Waals surface area contributed by atoms with Gasteiger partial charge in [-0.15, -0.1) is 0 Å². The number of esters is 1. The summed E-state index contributed by atoms with van der Waals surface area (Å²) >= 11 is 0. The summed E-state index contributed by atoms with van der Waals surface area (Å²) in [7, 11) is 0. The minimum atomic E-state index is -0.907. The maximum atomic E-state index is 11.6. The molecule has 0 aliphatic heterocycles. The molecule has 1 rings (SSSR count). The third-order valence-electron chi connectivity index (χ3n) is 2.31. The summed E-state index contributed by atoms with van der Waals surface area (Å²) in [6.45, 7) is 4.78. The van der Waals surface area contributed by atoms with Crippen molar-refractivity contribution < 1.29 is 19.0 Å². The standard InChI is InChI=1S/C14H20O4/c1-3-16-14(17-4-2)13(15)18-11-10-12-8-6-5-7-9-12/h5-9,14H,3-4,10-11H2,1-2H3. The Hall–Kier alpha value is -1.39. The average Bonchev–Trinajstić information content (AvgIpc) is 2.39. The molecule has 0 aromatic heterocycles. The fourth-order valence-corrected chi connectivity index (χ4v) is 1.47. The monoisotopic (exact) mass is 252 g/mol. The fourth-order valence-electron chi connectivity index (χ4n) is 1.47. The normalized spacial score (nSPS) is 10.6. The number of carbonyl (C=O) groups excluding carboxylic acids is 1. The molecule has 0 heterocycles. The molecule has 0 bridgehead atoms. The molecule has 0 atom stereocenters. The summed E-state index contributed by atoms with van der Waals surface area (Å²) in [5.41, 5.74) is 1.13. The van der Waals surface area contributed by atoms with Crippen molar-refractivity contribution in [1.29, 1.82) is 0 Å².